The molecular formula is C12H14FNO4. The summed E-state index contributed by atoms with van der Waals surface area (Å²) in [6.07, 6.45) is 0. The number of anilines is 1. The van der Waals surface area contributed by atoms with Gasteiger partial charge in [-0.25, -0.2) is 4.39 Å². The van der Waals surface area contributed by atoms with Crippen molar-refractivity contribution in [2.45, 2.75) is 0 Å². The summed E-state index contributed by atoms with van der Waals surface area (Å²) in [5.41, 5.74) is -0.589. The molecule has 1 amide bonds. The van der Waals surface area contributed by atoms with Gasteiger partial charge in [-0.05, 0) is 12.1 Å². The lowest BCUT2D eigenvalue weighted by atomic mass is 9.86. The van der Waals surface area contributed by atoms with Gasteiger partial charge >= 0.3 is 0 Å². The highest BCUT2D eigenvalue weighted by Gasteiger charge is 2.45. The van der Waals surface area contributed by atoms with Crippen molar-refractivity contribution in [1.29, 1.82) is 0 Å². The van der Waals surface area contributed by atoms with Crippen LogP contribution in [0.25, 0.3) is 0 Å². The average molecular weight is 255 g/mol. The molecular weight excluding hydrogens is 241 g/mol. The van der Waals surface area contributed by atoms with Crippen LogP contribution in [0.1, 0.15) is 0 Å². The van der Waals surface area contributed by atoms with Crippen LogP contribution in [0.15, 0.2) is 18.2 Å². The Morgan fingerprint density at radius 2 is 2.33 bits per heavy atom. The SMILES string of the molecule is COc1ccc(NC(=O)C2(CO)COC2)cc1F. The minimum Gasteiger partial charge on any atom is -0.494 e. The number of rotatable bonds is 4. The van der Waals surface area contributed by atoms with Gasteiger partial charge in [0.2, 0.25) is 5.91 Å². The number of ether oxygens (including phenoxy) is 2. The standard InChI is InChI=1S/C12H14FNO4/c1-17-10-3-2-8(4-9(10)13)14-11(16)12(5-15)6-18-7-12/h2-4,15H,5-7H2,1H3,(H,14,16). The van der Waals surface area contributed by atoms with Crippen molar-refractivity contribution < 1.29 is 23.8 Å². The van der Waals surface area contributed by atoms with E-state index in [2.05, 4.69) is 5.32 Å². The van der Waals surface area contributed by atoms with Crippen LogP contribution in [0.2, 0.25) is 0 Å². The minimum atomic E-state index is -0.906. The highest BCUT2D eigenvalue weighted by Crippen LogP contribution is 2.29. The number of aliphatic hydroxyl groups is 1. The number of methoxy groups -OCH3 is 1. The minimum absolute atomic E-state index is 0.108. The Labute approximate surface area is 104 Å². The Kier molecular flexibility index (Phi) is 3.49. The van der Waals surface area contributed by atoms with Gasteiger partial charge < -0.3 is 19.9 Å². The van der Waals surface area contributed by atoms with Crippen LogP contribution in [-0.4, -0.2) is 37.9 Å². The van der Waals surface area contributed by atoms with Gasteiger partial charge in [0.05, 0.1) is 26.9 Å². The Balaban J connectivity index is 2.10. The van der Waals surface area contributed by atoms with Gasteiger partial charge in [-0.15, -0.1) is 0 Å². The summed E-state index contributed by atoms with van der Waals surface area (Å²) in [6.45, 7) is 0.0550. The molecule has 1 aliphatic rings. The van der Waals surface area contributed by atoms with Crippen molar-refractivity contribution in [2.24, 2.45) is 5.41 Å². The van der Waals surface area contributed by atoms with Gasteiger partial charge in [0.15, 0.2) is 11.6 Å². The van der Waals surface area contributed by atoms with Gasteiger partial charge in [0, 0.05) is 11.8 Å². The van der Waals surface area contributed by atoms with E-state index in [-0.39, 0.29) is 31.5 Å². The van der Waals surface area contributed by atoms with Crippen molar-refractivity contribution >= 4 is 11.6 Å². The number of aliphatic hydroxyl groups excluding tert-OH is 1. The molecule has 98 valence electrons. The van der Waals surface area contributed by atoms with E-state index >= 15 is 0 Å². The molecule has 18 heavy (non-hydrogen) atoms. The summed E-state index contributed by atoms with van der Waals surface area (Å²) in [5, 5.41) is 11.7. The Morgan fingerprint density at radius 3 is 2.78 bits per heavy atom. The number of carbonyl (C=O) groups is 1. The monoisotopic (exact) mass is 255 g/mol. The maximum Gasteiger partial charge on any atom is 0.237 e. The fourth-order valence-electron chi connectivity index (χ4n) is 1.65. The largest absolute Gasteiger partial charge is 0.494 e. The first-order chi connectivity index (χ1) is 8.61. The van der Waals surface area contributed by atoms with Gasteiger partial charge in [-0.3, -0.25) is 4.79 Å². The molecule has 1 aliphatic heterocycles. The normalized spacial score (nSPS) is 16.8. The number of halogens is 1. The maximum absolute atomic E-state index is 13.4. The first-order valence-electron chi connectivity index (χ1n) is 5.45. The molecule has 0 saturated carbocycles. The smallest absolute Gasteiger partial charge is 0.237 e. The second kappa shape index (κ2) is 4.91. The molecule has 0 bridgehead atoms. The zero-order valence-electron chi connectivity index (χ0n) is 9.90. The summed E-state index contributed by atoms with van der Waals surface area (Å²) in [7, 11) is 1.36. The Hall–Kier alpha value is -1.66. The van der Waals surface area contributed by atoms with E-state index in [9.17, 15) is 14.3 Å². The molecule has 5 nitrogen and oxygen atoms in total. The molecule has 0 atom stereocenters. The van der Waals surface area contributed by atoms with E-state index < -0.39 is 11.2 Å². The van der Waals surface area contributed by atoms with Crippen LogP contribution in [0.4, 0.5) is 10.1 Å². The van der Waals surface area contributed by atoms with Gasteiger partial charge in [-0.2, -0.15) is 0 Å². The summed E-state index contributed by atoms with van der Waals surface area (Å²) >= 11 is 0. The van der Waals surface area contributed by atoms with Crippen LogP contribution in [0, 0.1) is 11.2 Å². The molecule has 2 rings (SSSR count). The molecule has 1 aromatic carbocycles. The lowest BCUT2D eigenvalue weighted by Gasteiger charge is -2.37. The van der Waals surface area contributed by atoms with E-state index in [1.807, 2.05) is 0 Å². The lowest BCUT2D eigenvalue weighted by Crippen LogP contribution is -2.54. The highest BCUT2D eigenvalue weighted by molar-refractivity contribution is 5.96. The molecule has 1 saturated heterocycles. The highest BCUT2D eigenvalue weighted by atomic mass is 19.1. The predicted octanol–water partition coefficient (Wildman–Crippen LogP) is 0.782. The predicted molar refractivity (Wildman–Crippen MR) is 61.9 cm³/mol. The topological polar surface area (TPSA) is 67.8 Å². The van der Waals surface area contributed by atoms with E-state index in [0.29, 0.717) is 5.69 Å². The fraction of sp³-hybridized carbons (Fsp3) is 0.417. The van der Waals surface area contributed by atoms with Crippen LogP contribution < -0.4 is 10.1 Å². The summed E-state index contributed by atoms with van der Waals surface area (Å²) in [4.78, 5) is 11.9. The van der Waals surface area contributed by atoms with Crippen molar-refractivity contribution in [3.05, 3.63) is 24.0 Å². The van der Waals surface area contributed by atoms with E-state index in [1.54, 1.807) is 0 Å². The number of carbonyl (C=O) groups excluding carboxylic acids is 1. The molecule has 1 fully saturated rings. The number of hydrogen-bond acceptors (Lipinski definition) is 4. The number of amides is 1. The molecule has 0 spiro atoms. The molecule has 0 unspecified atom stereocenters. The van der Waals surface area contributed by atoms with E-state index in [4.69, 9.17) is 9.47 Å². The summed E-state index contributed by atoms with van der Waals surface area (Å²) in [6, 6.07) is 4.12. The lowest BCUT2D eigenvalue weighted by molar-refractivity contribution is -0.164. The molecule has 0 radical (unpaired) electrons. The first kappa shape index (κ1) is 12.8. The Morgan fingerprint density at radius 1 is 1.61 bits per heavy atom. The third-order valence-electron chi connectivity index (χ3n) is 2.95. The van der Waals surface area contributed by atoms with Crippen molar-refractivity contribution in [1.82, 2.24) is 0 Å². The fourth-order valence-corrected chi connectivity index (χ4v) is 1.65. The molecule has 0 aliphatic carbocycles. The first-order valence-corrected chi connectivity index (χ1v) is 5.45. The number of hydrogen-bond donors (Lipinski definition) is 2. The molecule has 2 N–H and O–H groups in total. The Bertz CT molecular complexity index is 454. The third-order valence-corrected chi connectivity index (χ3v) is 2.95. The second-order valence-corrected chi connectivity index (χ2v) is 4.23. The zero-order chi connectivity index (χ0) is 13.2. The van der Waals surface area contributed by atoms with Gasteiger partial charge in [0.1, 0.15) is 5.41 Å². The molecule has 0 aromatic heterocycles. The van der Waals surface area contributed by atoms with Crippen LogP contribution in [0.3, 0.4) is 0 Å². The molecule has 1 heterocycles. The second-order valence-electron chi connectivity index (χ2n) is 4.23. The van der Waals surface area contributed by atoms with Crippen molar-refractivity contribution in [3.63, 3.8) is 0 Å². The van der Waals surface area contributed by atoms with Gasteiger partial charge in [-0.1, -0.05) is 0 Å². The van der Waals surface area contributed by atoms with Crippen molar-refractivity contribution in [3.8, 4) is 5.75 Å². The molecule has 1 aromatic rings. The summed E-state index contributed by atoms with van der Waals surface area (Å²) in [5.74, 6) is -0.823. The van der Waals surface area contributed by atoms with Crippen LogP contribution in [0.5, 0.6) is 5.75 Å². The van der Waals surface area contributed by atoms with Gasteiger partial charge in [0.25, 0.3) is 0 Å². The number of nitrogens with one attached hydrogen (secondary N) is 1. The van der Waals surface area contributed by atoms with Crippen molar-refractivity contribution in [2.75, 3.05) is 32.2 Å². The third kappa shape index (κ3) is 2.16. The van der Waals surface area contributed by atoms with Crippen LogP contribution in [-0.2, 0) is 9.53 Å². The number of benzene rings is 1. The maximum atomic E-state index is 13.4. The quantitative estimate of drug-likeness (QED) is 0.834. The summed E-state index contributed by atoms with van der Waals surface area (Å²) < 4.78 is 23.1. The van der Waals surface area contributed by atoms with E-state index in [1.165, 1.54) is 25.3 Å². The van der Waals surface area contributed by atoms with E-state index in [0.717, 1.165) is 0 Å². The zero-order valence-corrected chi connectivity index (χ0v) is 9.90. The average Bonchev–Trinajstić information content (AvgIpc) is 2.28. The molecule has 6 heteroatoms. The van der Waals surface area contributed by atoms with Crippen LogP contribution >= 0.6 is 0 Å².